The van der Waals surface area contributed by atoms with E-state index >= 15 is 0 Å². The first-order chi connectivity index (χ1) is 13.1. The van der Waals surface area contributed by atoms with Crippen molar-refractivity contribution in [2.45, 2.75) is 11.7 Å². The van der Waals surface area contributed by atoms with Crippen LogP contribution in [0.1, 0.15) is 5.56 Å². The number of thioether (sulfide) groups is 1. The predicted molar refractivity (Wildman–Crippen MR) is 104 cm³/mol. The number of hydrogen-bond acceptors (Lipinski definition) is 6. The number of ether oxygens (including phenoxy) is 1. The van der Waals surface area contributed by atoms with Crippen LogP contribution in [-0.4, -0.2) is 50.9 Å². The molecule has 0 fully saturated rings. The molecular weight excluding hydrogens is 386 g/mol. The molecule has 0 unspecified atom stereocenters. The Morgan fingerprint density at radius 1 is 1.26 bits per heavy atom. The van der Waals surface area contributed by atoms with Gasteiger partial charge in [-0.2, -0.15) is 4.68 Å². The fourth-order valence-corrected chi connectivity index (χ4v) is 3.42. The lowest BCUT2D eigenvalue weighted by Gasteiger charge is -2.17. The number of halogens is 1. The molecule has 0 spiro atoms. The van der Waals surface area contributed by atoms with Gasteiger partial charge in [0.25, 0.3) is 0 Å². The maximum atomic E-state index is 12.5. The average molecular weight is 404 g/mol. The van der Waals surface area contributed by atoms with Crippen LogP contribution in [-0.2, 0) is 11.3 Å². The summed E-state index contributed by atoms with van der Waals surface area (Å²) in [6, 6.07) is 14.9. The minimum absolute atomic E-state index is 0.0246. The first-order valence-electron chi connectivity index (χ1n) is 8.11. The number of carbonyl (C=O) groups is 1. The molecule has 9 heteroatoms. The van der Waals surface area contributed by atoms with Crippen LogP contribution in [0, 0.1) is 0 Å². The number of benzene rings is 2. The Bertz CT molecular complexity index is 933. The summed E-state index contributed by atoms with van der Waals surface area (Å²) in [6.45, 7) is 0.496. The smallest absolute Gasteiger partial charge is 0.233 e. The van der Waals surface area contributed by atoms with Crippen molar-refractivity contribution in [2.24, 2.45) is 0 Å². The molecule has 0 bridgehead atoms. The van der Waals surface area contributed by atoms with Gasteiger partial charge in [-0.15, -0.1) is 5.10 Å². The lowest BCUT2D eigenvalue weighted by atomic mass is 10.2. The number of aromatic nitrogens is 4. The summed E-state index contributed by atoms with van der Waals surface area (Å²) in [7, 11) is 3.39. The second-order valence-corrected chi connectivity index (χ2v) is 7.12. The normalized spacial score (nSPS) is 10.6. The van der Waals surface area contributed by atoms with Crippen LogP contribution in [0.2, 0.25) is 5.02 Å². The molecule has 7 nitrogen and oxygen atoms in total. The van der Waals surface area contributed by atoms with Gasteiger partial charge in [0, 0.05) is 18.6 Å². The van der Waals surface area contributed by atoms with E-state index in [2.05, 4.69) is 15.5 Å². The summed E-state index contributed by atoms with van der Waals surface area (Å²) in [5.41, 5.74) is 1.74. The minimum Gasteiger partial charge on any atom is -0.497 e. The molecule has 140 valence electrons. The van der Waals surface area contributed by atoms with Gasteiger partial charge in [0.2, 0.25) is 11.1 Å². The van der Waals surface area contributed by atoms with Crippen LogP contribution in [0.3, 0.4) is 0 Å². The molecule has 27 heavy (non-hydrogen) atoms. The lowest BCUT2D eigenvalue weighted by Crippen LogP contribution is -2.27. The molecule has 0 aliphatic heterocycles. The first-order valence-corrected chi connectivity index (χ1v) is 9.47. The fraction of sp³-hybridized carbons (Fsp3) is 0.222. The van der Waals surface area contributed by atoms with E-state index in [1.807, 2.05) is 36.4 Å². The van der Waals surface area contributed by atoms with Crippen LogP contribution in [0.25, 0.3) is 5.69 Å². The van der Waals surface area contributed by atoms with Crippen LogP contribution in [0.5, 0.6) is 5.75 Å². The fourth-order valence-electron chi connectivity index (χ4n) is 2.41. The number of hydrogen-bond donors (Lipinski definition) is 0. The van der Waals surface area contributed by atoms with E-state index in [4.69, 9.17) is 16.3 Å². The van der Waals surface area contributed by atoms with E-state index in [1.165, 1.54) is 11.8 Å². The summed E-state index contributed by atoms with van der Waals surface area (Å²) < 4.78 is 6.78. The number of nitrogens with zero attached hydrogens (tertiary/aromatic N) is 5. The highest BCUT2D eigenvalue weighted by molar-refractivity contribution is 7.99. The standard InChI is InChI=1S/C18H18ClN5O2S/c1-23(11-13-5-3-8-16(9-13)26-2)17(25)12-27-18-20-21-22-24(18)15-7-4-6-14(19)10-15/h3-10H,11-12H2,1-2H3. The lowest BCUT2D eigenvalue weighted by molar-refractivity contribution is -0.127. The van der Waals surface area contributed by atoms with E-state index in [9.17, 15) is 4.79 Å². The van der Waals surface area contributed by atoms with Gasteiger partial charge in [-0.05, 0) is 46.3 Å². The molecule has 0 saturated carbocycles. The highest BCUT2D eigenvalue weighted by Gasteiger charge is 2.15. The number of rotatable bonds is 7. The van der Waals surface area contributed by atoms with Crippen molar-refractivity contribution in [1.82, 2.24) is 25.1 Å². The van der Waals surface area contributed by atoms with Crippen molar-refractivity contribution in [2.75, 3.05) is 19.9 Å². The monoisotopic (exact) mass is 403 g/mol. The summed E-state index contributed by atoms with van der Waals surface area (Å²) >= 11 is 7.30. The van der Waals surface area contributed by atoms with Crippen LogP contribution in [0.15, 0.2) is 53.7 Å². The zero-order valence-corrected chi connectivity index (χ0v) is 16.4. The van der Waals surface area contributed by atoms with Gasteiger partial charge in [0.1, 0.15) is 5.75 Å². The summed E-state index contributed by atoms with van der Waals surface area (Å²) in [5.74, 6) is 0.966. The van der Waals surface area contributed by atoms with Gasteiger partial charge in [-0.25, -0.2) is 0 Å². The summed E-state index contributed by atoms with van der Waals surface area (Å²) in [4.78, 5) is 14.1. The molecule has 2 aromatic carbocycles. The minimum atomic E-state index is -0.0246. The van der Waals surface area contributed by atoms with Crippen molar-refractivity contribution < 1.29 is 9.53 Å². The molecule has 0 N–H and O–H groups in total. The van der Waals surface area contributed by atoms with E-state index in [-0.39, 0.29) is 11.7 Å². The average Bonchev–Trinajstić information content (AvgIpc) is 3.15. The Hall–Kier alpha value is -2.58. The molecule has 0 aliphatic rings. The van der Waals surface area contributed by atoms with E-state index in [0.717, 1.165) is 17.0 Å². The van der Waals surface area contributed by atoms with E-state index < -0.39 is 0 Å². The SMILES string of the molecule is COc1cccc(CN(C)C(=O)CSc2nnnn2-c2cccc(Cl)c2)c1. The molecule has 3 rings (SSSR count). The molecule has 0 atom stereocenters. The third-order valence-corrected chi connectivity index (χ3v) is 4.94. The van der Waals surface area contributed by atoms with Gasteiger partial charge >= 0.3 is 0 Å². The predicted octanol–water partition coefficient (Wildman–Crippen LogP) is 3.08. The molecule has 0 saturated heterocycles. The third-order valence-electron chi connectivity index (χ3n) is 3.80. The van der Waals surface area contributed by atoms with E-state index in [1.54, 1.807) is 35.9 Å². The van der Waals surface area contributed by atoms with Crippen LogP contribution >= 0.6 is 23.4 Å². The molecule has 3 aromatic rings. The zero-order chi connectivity index (χ0) is 19.2. The summed E-state index contributed by atoms with van der Waals surface area (Å²) in [6.07, 6.45) is 0. The molecule has 0 aliphatic carbocycles. The quantitative estimate of drug-likeness (QED) is 0.564. The van der Waals surface area contributed by atoms with Gasteiger partial charge < -0.3 is 9.64 Å². The Kier molecular flexibility index (Phi) is 6.31. The Balaban J connectivity index is 1.61. The Labute approximate surface area is 166 Å². The topological polar surface area (TPSA) is 73.1 Å². The molecule has 1 amide bonds. The van der Waals surface area contributed by atoms with Crippen molar-refractivity contribution >= 4 is 29.3 Å². The van der Waals surface area contributed by atoms with Gasteiger partial charge in [-0.1, -0.05) is 41.6 Å². The second-order valence-electron chi connectivity index (χ2n) is 5.74. The first kappa shape index (κ1) is 19.2. The van der Waals surface area contributed by atoms with E-state index in [0.29, 0.717) is 16.7 Å². The summed E-state index contributed by atoms with van der Waals surface area (Å²) in [5, 5.41) is 12.8. The highest BCUT2D eigenvalue weighted by Crippen LogP contribution is 2.21. The van der Waals surface area contributed by atoms with Crippen molar-refractivity contribution in [1.29, 1.82) is 0 Å². The number of tetrazole rings is 1. The largest absolute Gasteiger partial charge is 0.497 e. The van der Waals surface area contributed by atoms with Crippen molar-refractivity contribution in [3.8, 4) is 11.4 Å². The van der Waals surface area contributed by atoms with Crippen molar-refractivity contribution in [3.05, 3.63) is 59.1 Å². The third kappa shape index (κ3) is 4.99. The second kappa shape index (κ2) is 8.88. The number of amides is 1. The van der Waals surface area contributed by atoms with Gasteiger partial charge in [0.15, 0.2) is 0 Å². The van der Waals surface area contributed by atoms with Crippen molar-refractivity contribution in [3.63, 3.8) is 0 Å². The number of methoxy groups -OCH3 is 1. The Morgan fingerprint density at radius 3 is 2.85 bits per heavy atom. The molecule has 0 radical (unpaired) electrons. The maximum absolute atomic E-state index is 12.5. The van der Waals surface area contributed by atoms with Crippen LogP contribution in [0.4, 0.5) is 0 Å². The highest BCUT2D eigenvalue weighted by atomic mass is 35.5. The van der Waals surface area contributed by atoms with Gasteiger partial charge in [0.05, 0.1) is 18.6 Å². The van der Waals surface area contributed by atoms with Gasteiger partial charge in [-0.3, -0.25) is 4.79 Å². The molecule has 1 aromatic heterocycles. The Morgan fingerprint density at radius 2 is 2.07 bits per heavy atom. The van der Waals surface area contributed by atoms with Crippen LogP contribution < -0.4 is 4.74 Å². The zero-order valence-electron chi connectivity index (χ0n) is 14.9. The maximum Gasteiger partial charge on any atom is 0.233 e. The molecule has 1 heterocycles. The number of carbonyl (C=O) groups excluding carboxylic acids is 1. The molecular formula is C18H18ClN5O2S.